The van der Waals surface area contributed by atoms with Gasteiger partial charge in [-0.3, -0.25) is 4.79 Å². The molecule has 1 N–H and O–H groups in total. The molecule has 0 heterocycles. The van der Waals surface area contributed by atoms with E-state index in [1.807, 2.05) is 37.3 Å². The summed E-state index contributed by atoms with van der Waals surface area (Å²) in [6.45, 7) is 7.50. The van der Waals surface area contributed by atoms with Crippen LogP contribution in [0, 0.1) is 0 Å². The Balaban J connectivity index is 2.35. The third-order valence-electron chi connectivity index (χ3n) is 3.74. The topological polar surface area (TPSA) is 29.1 Å². The van der Waals surface area contributed by atoms with E-state index in [1.54, 1.807) is 6.08 Å². The van der Waals surface area contributed by atoms with Gasteiger partial charge in [-0.25, -0.2) is 0 Å². The number of benzene rings is 1. The van der Waals surface area contributed by atoms with Crippen LogP contribution in [0.3, 0.4) is 0 Å². The number of hydrogen-bond donors (Lipinski definition) is 1. The molecule has 0 saturated heterocycles. The van der Waals surface area contributed by atoms with Crippen molar-refractivity contribution in [3.8, 4) is 0 Å². The van der Waals surface area contributed by atoms with Gasteiger partial charge in [-0.1, -0.05) is 66.2 Å². The van der Waals surface area contributed by atoms with Crippen molar-refractivity contribution in [3.63, 3.8) is 0 Å². The van der Waals surface area contributed by atoms with E-state index < -0.39 is 0 Å². The number of rotatable bonds is 4. The summed E-state index contributed by atoms with van der Waals surface area (Å²) in [6.07, 6.45) is 6.33. The fourth-order valence-electron chi connectivity index (χ4n) is 2.65. The van der Waals surface area contributed by atoms with Crippen molar-refractivity contribution in [2.24, 2.45) is 0 Å². The number of carbonyl (C=O) groups is 1. The Morgan fingerprint density at radius 1 is 1.30 bits per heavy atom. The van der Waals surface area contributed by atoms with Gasteiger partial charge >= 0.3 is 0 Å². The Morgan fingerprint density at radius 3 is 2.65 bits per heavy atom. The van der Waals surface area contributed by atoms with Crippen molar-refractivity contribution in [1.29, 1.82) is 0 Å². The Labute approximate surface area is 147 Å². The number of carbonyl (C=O) groups excluding carboxylic acids is 1. The van der Waals surface area contributed by atoms with Crippen molar-refractivity contribution in [2.45, 2.75) is 26.2 Å². The average Bonchev–Trinajstić information content (AvgIpc) is 2.53. The van der Waals surface area contributed by atoms with Gasteiger partial charge in [0.2, 0.25) is 5.91 Å². The number of nitrogens with one attached hydrogen (secondary N) is 1. The van der Waals surface area contributed by atoms with Gasteiger partial charge < -0.3 is 5.32 Å². The summed E-state index contributed by atoms with van der Waals surface area (Å²) >= 11 is 12.2. The van der Waals surface area contributed by atoms with Crippen LogP contribution in [-0.2, 0) is 4.79 Å². The SMILES string of the molecule is C=C(/C=C(Cl)\C(Cl)=C/C)[C@@H]1CC=C(NC(C)=O)c2ccccc21. The first-order valence-electron chi connectivity index (χ1n) is 7.39. The van der Waals surface area contributed by atoms with Gasteiger partial charge in [-0.2, -0.15) is 0 Å². The molecule has 4 heteroatoms. The van der Waals surface area contributed by atoms with Gasteiger partial charge in [-0.05, 0) is 30.6 Å². The van der Waals surface area contributed by atoms with Gasteiger partial charge in [0.25, 0.3) is 0 Å². The van der Waals surface area contributed by atoms with Crippen LogP contribution in [0.2, 0.25) is 0 Å². The predicted molar refractivity (Wildman–Crippen MR) is 98.3 cm³/mol. The van der Waals surface area contributed by atoms with Gasteiger partial charge in [0.1, 0.15) is 0 Å². The second-order valence-corrected chi connectivity index (χ2v) is 6.19. The lowest BCUT2D eigenvalue weighted by molar-refractivity contribution is -0.117. The molecule has 0 bridgehead atoms. The third kappa shape index (κ3) is 4.15. The van der Waals surface area contributed by atoms with E-state index in [1.165, 1.54) is 6.92 Å². The van der Waals surface area contributed by atoms with Crippen molar-refractivity contribution in [2.75, 3.05) is 0 Å². The summed E-state index contributed by atoms with van der Waals surface area (Å²) in [4.78, 5) is 11.4. The van der Waals surface area contributed by atoms with E-state index in [4.69, 9.17) is 23.2 Å². The van der Waals surface area contributed by atoms with E-state index in [-0.39, 0.29) is 11.8 Å². The second-order valence-electron chi connectivity index (χ2n) is 5.38. The third-order valence-corrected chi connectivity index (χ3v) is 4.57. The van der Waals surface area contributed by atoms with Crippen molar-refractivity contribution in [1.82, 2.24) is 5.32 Å². The van der Waals surface area contributed by atoms with Crippen LogP contribution in [0.25, 0.3) is 5.70 Å². The zero-order valence-electron chi connectivity index (χ0n) is 13.2. The summed E-state index contributed by atoms with van der Waals surface area (Å²) in [6, 6.07) is 8.00. The summed E-state index contributed by atoms with van der Waals surface area (Å²) < 4.78 is 0. The quantitative estimate of drug-likeness (QED) is 0.718. The van der Waals surface area contributed by atoms with Crippen LogP contribution in [0.4, 0.5) is 0 Å². The lowest BCUT2D eigenvalue weighted by Gasteiger charge is -2.26. The Kier molecular flexibility index (Phi) is 5.86. The largest absolute Gasteiger partial charge is 0.326 e. The molecule has 2 rings (SSSR count). The molecule has 0 aliphatic heterocycles. The van der Waals surface area contributed by atoms with Crippen LogP contribution in [-0.4, -0.2) is 5.91 Å². The molecule has 1 aromatic carbocycles. The molecule has 1 aliphatic rings. The zero-order valence-corrected chi connectivity index (χ0v) is 14.7. The summed E-state index contributed by atoms with van der Waals surface area (Å²) in [5.74, 6) is 0.0323. The fourth-order valence-corrected chi connectivity index (χ4v) is 2.95. The van der Waals surface area contributed by atoms with E-state index in [0.717, 1.165) is 28.8 Å². The molecule has 2 nitrogen and oxygen atoms in total. The minimum Gasteiger partial charge on any atom is -0.326 e. The van der Waals surface area contributed by atoms with Crippen LogP contribution in [0.5, 0.6) is 0 Å². The summed E-state index contributed by atoms with van der Waals surface area (Å²) in [5, 5.41) is 3.87. The normalized spacial score (nSPS) is 18.1. The molecular weight excluding hydrogens is 329 g/mol. The Hall–Kier alpha value is -1.77. The molecule has 23 heavy (non-hydrogen) atoms. The van der Waals surface area contributed by atoms with Crippen LogP contribution < -0.4 is 5.32 Å². The standard InChI is InChI=1S/C19H19Cl2NO/c1-4-17(20)18(21)11-12(2)14-9-10-19(22-13(3)23)16-8-6-5-7-15(14)16/h4-8,10-11,14H,2,9H2,1,3H3,(H,22,23)/b17-4+,18-11+/t14-/m0/s1. The molecule has 0 fully saturated rings. The first-order valence-corrected chi connectivity index (χ1v) is 8.14. The summed E-state index contributed by atoms with van der Waals surface area (Å²) in [7, 11) is 0. The highest BCUT2D eigenvalue weighted by molar-refractivity contribution is 6.44. The number of allylic oxidation sites excluding steroid dienone is 6. The molecule has 1 amide bonds. The average molecular weight is 348 g/mol. The molecule has 0 unspecified atom stereocenters. The second kappa shape index (κ2) is 7.67. The van der Waals surface area contributed by atoms with Crippen LogP contribution in [0.15, 0.2) is 64.7 Å². The maximum absolute atomic E-state index is 11.4. The van der Waals surface area contributed by atoms with E-state index in [0.29, 0.717) is 10.1 Å². The van der Waals surface area contributed by atoms with Crippen LogP contribution in [0.1, 0.15) is 37.3 Å². The Morgan fingerprint density at radius 2 is 2.00 bits per heavy atom. The number of hydrogen-bond acceptors (Lipinski definition) is 1. The zero-order chi connectivity index (χ0) is 17.0. The molecule has 1 atom stereocenters. The maximum Gasteiger partial charge on any atom is 0.221 e. The first kappa shape index (κ1) is 17.6. The lowest BCUT2D eigenvalue weighted by atomic mass is 9.81. The molecular formula is C19H19Cl2NO. The van der Waals surface area contributed by atoms with Crippen LogP contribution >= 0.6 is 23.2 Å². The fraction of sp³-hybridized carbons (Fsp3) is 0.211. The van der Waals surface area contributed by atoms with Crippen molar-refractivity contribution >= 4 is 34.8 Å². The van der Waals surface area contributed by atoms with E-state index >= 15 is 0 Å². The summed E-state index contributed by atoms with van der Waals surface area (Å²) in [5.41, 5.74) is 3.88. The number of amides is 1. The van der Waals surface area contributed by atoms with E-state index in [2.05, 4.69) is 18.0 Å². The first-order chi connectivity index (χ1) is 10.9. The maximum atomic E-state index is 11.4. The van der Waals surface area contributed by atoms with E-state index in [9.17, 15) is 4.79 Å². The minimum atomic E-state index is -0.0777. The van der Waals surface area contributed by atoms with Crippen molar-refractivity contribution < 1.29 is 4.79 Å². The highest BCUT2D eigenvalue weighted by Crippen LogP contribution is 2.38. The van der Waals surface area contributed by atoms with Gasteiger partial charge in [0.05, 0.1) is 10.1 Å². The van der Waals surface area contributed by atoms with Gasteiger partial charge in [-0.15, -0.1) is 0 Å². The molecule has 0 spiro atoms. The monoisotopic (exact) mass is 347 g/mol. The number of halogens is 2. The van der Waals surface area contributed by atoms with Gasteiger partial charge in [0.15, 0.2) is 0 Å². The smallest absolute Gasteiger partial charge is 0.221 e. The Bertz CT molecular complexity index is 729. The molecule has 120 valence electrons. The van der Waals surface area contributed by atoms with Gasteiger partial charge in [0, 0.05) is 24.1 Å². The molecule has 1 aromatic rings. The molecule has 1 aliphatic carbocycles. The highest BCUT2D eigenvalue weighted by atomic mass is 35.5. The molecule has 0 aromatic heterocycles. The number of fused-ring (bicyclic) bond motifs is 1. The predicted octanol–water partition coefficient (Wildman–Crippen LogP) is 5.47. The lowest BCUT2D eigenvalue weighted by Crippen LogP contribution is -2.22. The molecule has 0 saturated carbocycles. The molecule has 0 radical (unpaired) electrons. The minimum absolute atomic E-state index is 0.0777. The highest BCUT2D eigenvalue weighted by Gasteiger charge is 2.23. The van der Waals surface area contributed by atoms with Crippen molar-refractivity contribution in [3.05, 3.63) is 75.8 Å².